The fourth-order valence-corrected chi connectivity index (χ4v) is 4.28. The molecular weight excluding hydrogens is 382 g/mol. The summed E-state index contributed by atoms with van der Waals surface area (Å²) in [6, 6.07) is 24.3. The molecule has 6 nitrogen and oxygen atoms in total. The summed E-state index contributed by atoms with van der Waals surface area (Å²) in [5.74, 6) is 1.37. The van der Waals surface area contributed by atoms with E-state index >= 15 is 0 Å². The molecule has 0 spiro atoms. The molecule has 142 valence electrons. The molecule has 29 heavy (non-hydrogen) atoms. The second-order valence-corrected chi connectivity index (χ2v) is 7.40. The van der Waals surface area contributed by atoms with Crippen LogP contribution in [0.25, 0.3) is 27.4 Å². The lowest BCUT2D eigenvalue weighted by molar-refractivity contribution is 0.410. The second kappa shape index (κ2) is 7.52. The summed E-state index contributed by atoms with van der Waals surface area (Å²) in [6.45, 7) is 0. The van der Waals surface area contributed by atoms with Crippen LogP contribution in [-0.4, -0.2) is 32.3 Å². The van der Waals surface area contributed by atoms with Crippen LogP contribution in [0.3, 0.4) is 0 Å². The van der Waals surface area contributed by atoms with Crippen LogP contribution in [0.1, 0.15) is 5.69 Å². The smallest absolute Gasteiger partial charge is 0.214 e. The van der Waals surface area contributed by atoms with E-state index in [2.05, 4.69) is 45.9 Å². The van der Waals surface area contributed by atoms with Gasteiger partial charge in [-0.3, -0.25) is 4.98 Å². The molecule has 3 aromatic carbocycles. The first-order valence-corrected chi connectivity index (χ1v) is 10.1. The van der Waals surface area contributed by atoms with E-state index in [1.54, 1.807) is 23.6 Å². The molecule has 0 saturated heterocycles. The number of pyridine rings is 1. The largest absolute Gasteiger partial charge is 0.494 e. The van der Waals surface area contributed by atoms with Gasteiger partial charge >= 0.3 is 0 Å². The molecule has 0 radical (unpaired) electrons. The predicted molar refractivity (Wildman–Crippen MR) is 115 cm³/mol. The van der Waals surface area contributed by atoms with Gasteiger partial charge in [-0.1, -0.05) is 66.4 Å². The number of benzene rings is 3. The Labute approximate surface area is 171 Å². The number of hydrogen-bond donors (Lipinski definition) is 0. The summed E-state index contributed by atoms with van der Waals surface area (Å²) < 4.78 is 7.16. The van der Waals surface area contributed by atoms with Crippen LogP contribution in [0.15, 0.2) is 78.0 Å². The number of para-hydroxylation sites is 3. The highest BCUT2D eigenvalue weighted by Gasteiger charge is 2.15. The minimum Gasteiger partial charge on any atom is -0.494 e. The van der Waals surface area contributed by atoms with E-state index in [4.69, 9.17) is 9.72 Å². The Kier molecular flexibility index (Phi) is 4.57. The Morgan fingerprint density at radius 2 is 1.59 bits per heavy atom. The standard InChI is InChI=1S/C22H17N5OS/c1-28-21-13-7-6-12-20(21)27-22(24-25-26-27)29-14-19-17-10-3-2-8-15(17)16-9-4-5-11-18(16)23-19/h2-13H,14H2,1H3. The highest BCUT2D eigenvalue weighted by molar-refractivity contribution is 7.98. The first kappa shape index (κ1) is 17.6. The molecule has 0 N–H and O–H groups in total. The van der Waals surface area contributed by atoms with Crippen LogP contribution in [0.4, 0.5) is 0 Å². The molecule has 0 saturated carbocycles. The van der Waals surface area contributed by atoms with Crippen molar-refractivity contribution in [3.8, 4) is 11.4 Å². The van der Waals surface area contributed by atoms with Crippen molar-refractivity contribution >= 4 is 33.4 Å². The minimum atomic E-state index is 0.654. The number of rotatable bonds is 5. The van der Waals surface area contributed by atoms with Crippen LogP contribution in [0, 0.1) is 0 Å². The molecule has 0 unspecified atom stereocenters. The Morgan fingerprint density at radius 3 is 2.45 bits per heavy atom. The van der Waals surface area contributed by atoms with E-state index in [9.17, 15) is 0 Å². The quantitative estimate of drug-likeness (QED) is 0.316. The number of nitrogens with zero attached hydrogens (tertiary/aromatic N) is 5. The number of tetrazole rings is 1. The van der Waals surface area contributed by atoms with Crippen molar-refractivity contribution in [2.45, 2.75) is 10.9 Å². The molecular formula is C22H17N5OS. The minimum absolute atomic E-state index is 0.654. The van der Waals surface area contributed by atoms with Gasteiger partial charge in [-0.15, -0.1) is 5.10 Å². The van der Waals surface area contributed by atoms with Gasteiger partial charge in [0.15, 0.2) is 0 Å². The van der Waals surface area contributed by atoms with Crippen molar-refractivity contribution in [1.29, 1.82) is 0 Å². The number of fused-ring (bicyclic) bond motifs is 3. The number of thioether (sulfide) groups is 1. The molecule has 0 aliphatic heterocycles. The average molecular weight is 399 g/mol. The molecule has 0 bridgehead atoms. The molecule has 0 amide bonds. The SMILES string of the molecule is COc1ccccc1-n1nnnc1SCc1nc2ccccc2c2ccccc12. The van der Waals surface area contributed by atoms with Crippen molar-refractivity contribution in [3.05, 3.63) is 78.5 Å². The summed E-state index contributed by atoms with van der Waals surface area (Å²) >= 11 is 1.55. The molecule has 2 aromatic heterocycles. The highest BCUT2D eigenvalue weighted by atomic mass is 32.2. The summed E-state index contributed by atoms with van der Waals surface area (Å²) in [5.41, 5.74) is 2.81. The van der Waals surface area contributed by atoms with Gasteiger partial charge in [-0.05, 0) is 34.0 Å². The van der Waals surface area contributed by atoms with Gasteiger partial charge in [-0.25, -0.2) is 0 Å². The van der Waals surface area contributed by atoms with Crippen molar-refractivity contribution in [2.24, 2.45) is 0 Å². The van der Waals surface area contributed by atoms with Gasteiger partial charge in [-0.2, -0.15) is 4.68 Å². The van der Waals surface area contributed by atoms with Gasteiger partial charge < -0.3 is 4.74 Å². The van der Waals surface area contributed by atoms with Crippen molar-refractivity contribution < 1.29 is 4.74 Å². The molecule has 7 heteroatoms. The first-order valence-electron chi connectivity index (χ1n) is 9.16. The van der Waals surface area contributed by atoms with Crippen molar-refractivity contribution in [3.63, 3.8) is 0 Å². The maximum absolute atomic E-state index is 5.45. The molecule has 5 rings (SSSR count). The normalized spacial score (nSPS) is 11.2. The summed E-state index contributed by atoms with van der Waals surface area (Å²) in [4.78, 5) is 4.92. The summed E-state index contributed by atoms with van der Waals surface area (Å²) in [5, 5.41) is 16.4. The number of methoxy groups -OCH3 is 1. The number of aromatic nitrogens is 5. The molecule has 5 aromatic rings. The zero-order valence-corrected chi connectivity index (χ0v) is 16.5. The fraction of sp³-hybridized carbons (Fsp3) is 0.0909. The van der Waals surface area contributed by atoms with E-state index in [0.29, 0.717) is 10.9 Å². The Bertz CT molecular complexity index is 1320. The fourth-order valence-electron chi connectivity index (χ4n) is 3.44. The third-order valence-corrected chi connectivity index (χ3v) is 5.71. The number of hydrogen-bond acceptors (Lipinski definition) is 6. The monoisotopic (exact) mass is 399 g/mol. The lowest BCUT2D eigenvalue weighted by atomic mass is 10.0. The van der Waals surface area contributed by atoms with E-state index in [1.807, 2.05) is 42.5 Å². The Hall–Kier alpha value is -3.45. The molecule has 2 heterocycles. The zero-order valence-electron chi connectivity index (χ0n) is 15.7. The third-order valence-electron chi connectivity index (χ3n) is 4.78. The molecule has 0 fully saturated rings. The zero-order chi connectivity index (χ0) is 19.6. The predicted octanol–water partition coefficient (Wildman–Crippen LogP) is 4.66. The molecule has 0 aliphatic rings. The Balaban J connectivity index is 1.53. The van der Waals surface area contributed by atoms with Gasteiger partial charge in [0.05, 0.1) is 18.3 Å². The lowest BCUT2D eigenvalue weighted by Crippen LogP contribution is -2.02. The second-order valence-electron chi connectivity index (χ2n) is 6.46. The van der Waals surface area contributed by atoms with Crippen LogP contribution in [0.5, 0.6) is 5.75 Å². The van der Waals surface area contributed by atoms with Crippen molar-refractivity contribution in [2.75, 3.05) is 7.11 Å². The van der Waals surface area contributed by atoms with Gasteiger partial charge in [0.2, 0.25) is 5.16 Å². The topological polar surface area (TPSA) is 65.7 Å². The van der Waals surface area contributed by atoms with Crippen LogP contribution >= 0.6 is 11.8 Å². The van der Waals surface area contributed by atoms with Gasteiger partial charge in [0.1, 0.15) is 11.4 Å². The van der Waals surface area contributed by atoms with E-state index in [1.165, 1.54) is 5.39 Å². The summed E-state index contributed by atoms with van der Waals surface area (Å²) in [6.07, 6.45) is 0. The maximum Gasteiger partial charge on any atom is 0.214 e. The Morgan fingerprint density at radius 1 is 0.862 bits per heavy atom. The highest BCUT2D eigenvalue weighted by Crippen LogP contribution is 2.31. The third kappa shape index (κ3) is 3.19. The van der Waals surface area contributed by atoms with Crippen LogP contribution in [0.2, 0.25) is 0 Å². The average Bonchev–Trinajstić information content (AvgIpc) is 3.26. The van der Waals surface area contributed by atoms with E-state index < -0.39 is 0 Å². The molecule has 0 aliphatic carbocycles. The van der Waals surface area contributed by atoms with Gasteiger partial charge in [0, 0.05) is 16.5 Å². The first-order chi connectivity index (χ1) is 14.3. The number of ether oxygens (including phenoxy) is 1. The van der Waals surface area contributed by atoms with Gasteiger partial charge in [0.25, 0.3) is 0 Å². The summed E-state index contributed by atoms with van der Waals surface area (Å²) in [7, 11) is 1.64. The lowest BCUT2D eigenvalue weighted by Gasteiger charge is -2.10. The van der Waals surface area contributed by atoms with Crippen LogP contribution in [-0.2, 0) is 5.75 Å². The molecule has 0 atom stereocenters. The maximum atomic E-state index is 5.45. The van der Waals surface area contributed by atoms with E-state index in [0.717, 1.165) is 33.4 Å². The van der Waals surface area contributed by atoms with Crippen LogP contribution < -0.4 is 4.74 Å². The van der Waals surface area contributed by atoms with Crippen molar-refractivity contribution in [1.82, 2.24) is 25.2 Å². The van der Waals surface area contributed by atoms with E-state index in [-0.39, 0.29) is 0 Å².